The van der Waals surface area contributed by atoms with Crippen molar-refractivity contribution < 1.29 is 14.6 Å². The number of carbonyl (C=O) groups is 1. The van der Waals surface area contributed by atoms with E-state index in [2.05, 4.69) is 60.2 Å². The number of hydrogen-bond donors (Lipinski definition) is 2. The summed E-state index contributed by atoms with van der Waals surface area (Å²) in [6.07, 6.45) is 4.64. The summed E-state index contributed by atoms with van der Waals surface area (Å²) in [4.78, 5) is 18.1. The summed E-state index contributed by atoms with van der Waals surface area (Å²) in [6.45, 7) is 10.8. The molecule has 1 saturated carbocycles. The molecule has 0 spiro atoms. The lowest BCUT2D eigenvalue weighted by atomic mass is 9.87. The molecule has 0 radical (unpaired) electrons. The summed E-state index contributed by atoms with van der Waals surface area (Å²) in [5.74, 6) is 0.567. The summed E-state index contributed by atoms with van der Waals surface area (Å²) >= 11 is 6.50. The van der Waals surface area contributed by atoms with Gasteiger partial charge in [0, 0.05) is 25.3 Å². The quantitative estimate of drug-likeness (QED) is 0.451. The fourth-order valence-corrected chi connectivity index (χ4v) is 5.78. The minimum atomic E-state index is -0.852. The number of anilines is 1. The maximum absolute atomic E-state index is 13.5. The van der Waals surface area contributed by atoms with Crippen LogP contribution in [0.3, 0.4) is 0 Å². The number of likely N-dealkylation sites (tertiary alicyclic amines) is 1. The van der Waals surface area contributed by atoms with Gasteiger partial charge in [0.2, 0.25) is 5.91 Å². The Bertz CT molecular complexity index is 1110. The number of ether oxygens (including phenoxy) is 1. The number of rotatable bonds is 9. The van der Waals surface area contributed by atoms with Gasteiger partial charge in [0.1, 0.15) is 11.9 Å². The number of carbonyl (C=O) groups excluding carboxylic acids is 1. The number of benzene rings is 2. The van der Waals surface area contributed by atoms with Crippen LogP contribution < -0.4 is 15.0 Å². The third kappa shape index (κ3) is 6.64. The highest BCUT2D eigenvalue weighted by atomic mass is 35.5. The molecule has 2 aromatic carbocycles. The fourth-order valence-electron chi connectivity index (χ4n) is 5.54. The molecule has 3 aliphatic rings. The molecule has 38 heavy (non-hydrogen) atoms. The van der Waals surface area contributed by atoms with Crippen LogP contribution in [-0.4, -0.2) is 60.8 Å². The van der Waals surface area contributed by atoms with Crippen LogP contribution in [0, 0.1) is 5.92 Å². The molecule has 6 nitrogen and oxygen atoms in total. The summed E-state index contributed by atoms with van der Waals surface area (Å²) in [5, 5.41) is 15.1. The zero-order chi connectivity index (χ0) is 26.9. The highest BCUT2D eigenvalue weighted by molar-refractivity contribution is 6.32. The predicted molar refractivity (Wildman–Crippen MR) is 153 cm³/mol. The zero-order valence-electron chi connectivity index (χ0n) is 23.0. The van der Waals surface area contributed by atoms with Crippen molar-refractivity contribution in [2.75, 3.05) is 37.6 Å². The second-order valence-electron chi connectivity index (χ2n) is 12.3. The van der Waals surface area contributed by atoms with Crippen molar-refractivity contribution >= 4 is 23.2 Å². The van der Waals surface area contributed by atoms with Crippen molar-refractivity contribution in [3.05, 3.63) is 58.6 Å². The van der Waals surface area contributed by atoms with E-state index >= 15 is 0 Å². The molecule has 7 heteroatoms. The molecule has 206 valence electrons. The van der Waals surface area contributed by atoms with Crippen molar-refractivity contribution in [3.8, 4) is 5.75 Å². The summed E-state index contributed by atoms with van der Waals surface area (Å²) in [5.41, 5.74) is 3.28. The Morgan fingerprint density at radius 1 is 1.08 bits per heavy atom. The molecule has 0 bridgehead atoms. The minimum absolute atomic E-state index is 0.0156. The maximum atomic E-state index is 13.5. The third-order valence-electron chi connectivity index (χ3n) is 8.14. The Morgan fingerprint density at radius 2 is 1.79 bits per heavy atom. The van der Waals surface area contributed by atoms with Crippen LogP contribution in [0.1, 0.15) is 70.1 Å². The second-order valence-corrected chi connectivity index (χ2v) is 12.7. The number of nitrogens with one attached hydrogen (secondary N) is 1. The molecule has 2 aliphatic heterocycles. The fraction of sp³-hybridized carbons (Fsp3) is 0.581. The number of amides is 1. The average molecular weight is 540 g/mol. The standard InChI is InChI=1S/C31H42ClN3O3/c1-31(2,3)23-7-9-24(10-8-23)35-17-14-22(19-35)30(37)33-27(20-34-15-4-5-16-34)29(36)21-6-13-28(26(32)18-21)38-25-11-12-25/h6-10,13,18,22,25,27,29,36H,4-5,11-12,14-17,19-20H2,1-3H3,(H,33,37)/t22?,27-,29-/m1/s1. The van der Waals surface area contributed by atoms with Gasteiger partial charge in [0.05, 0.1) is 23.1 Å². The highest BCUT2D eigenvalue weighted by Gasteiger charge is 2.33. The van der Waals surface area contributed by atoms with Crippen molar-refractivity contribution in [1.82, 2.24) is 10.2 Å². The van der Waals surface area contributed by atoms with Crippen LogP contribution in [0.5, 0.6) is 5.75 Å². The number of aliphatic hydroxyl groups excluding tert-OH is 1. The Labute approximate surface area is 232 Å². The lowest BCUT2D eigenvalue weighted by molar-refractivity contribution is -0.126. The molecule has 1 unspecified atom stereocenters. The van der Waals surface area contributed by atoms with Crippen molar-refractivity contribution in [2.24, 2.45) is 5.92 Å². The Hall–Kier alpha value is -2.28. The molecule has 3 atom stereocenters. The van der Waals surface area contributed by atoms with Gasteiger partial charge < -0.3 is 25.0 Å². The zero-order valence-corrected chi connectivity index (χ0v) is 23.7. The van der Waals surface area contributed by atoms with Gasteiger partial charge in [0.25, 0.3) is 0 Å². The lowest BCUT2D eigenvalue weighted by Crippen LogP contribution is -2.48. The molecular formula is C31H42ClN3O3. The van der Waals surface area contributed by atoms with Crippen LogP contribution in [0.4, 0.5) is 5.69 Å². The molecule has 0 aromatic heterocycles. The van der Waals surface area contributed by atoms with E-state index in [9.17, 15) is 9.90 Å². The smallest absolute Gasteiger partial charge is 0.225 e. The van der Waals surface area contributed by atoms with E-state index in [1.165, 1.54) is 5.56 Å². The first-order valence-electron chi connectivity index (χ1n) is 14.2. The van der Waals surface area contributed by atoms with Crippen LogP contribution >= 0.6 is 11.6 Å². The summed E-state index contributed by atoms with van der Waals surface area (Å²) < 4.78 is 5.86. The molecule has 2 N–H and O–H groups in total. The second kappa shape index (κ2) is 11.4. The average Bonchev–Trinajstić information content (AvgIpc) is 3.33. The summed E-state index contributed by atoms with van der Waals surface area (Å²) in [6, 6.07) is 13.8. The topological polar surface area (TPSA) is 65.0 Å². The Kier molecular flexibility index (Phi) is 8.22. The molecule has 2 heterocycles. The van der Waals surface area contributed by atoms with E-state index in [1.54, 1.807) is 6.07 Å². The molecule has 1 amide bonds. The Balaban J connectivity index is 1.24. The minimum Gasteiger partial charge on any atom is -0.489 e. The van der Waals surface area contributed by atoms with Gasteiger partial charge in [0.15, 0.2) is 0 Å². The lowest BCUT2D eigenvalue weighted by Gasteiger charge is -2.30. The molecule has 2 saturated heterocycles. The van der Waals surface area contributed by atoms with Crippen molar-refractivity contribution in [1.29, 1.82) is 0 Å². The van der Waals surface area contributed by atoms with Gasteiger partial charge in [-0.05, 0) is 86.0 Å². The maximum Gasteiger partial charge on any atom is 0.225 e. The third-order valence-corrected chi connectivity index (χ3v) is 8.43. The number of hydrogen-bond acceptors (Lipinski definition) is 5. The first-order chi connectivity index (χ1) is 18.2. The molecule has 1 aliphatic carbocycles. The number of nitrogens with zero attached hydrogens (tertiary/aromatic N) is 2. The highest BCUT2D eigenvalue weighted by Crippen LogP contribution is 2.34. The van der Waals surface area contributed by atoms with Gasteiger partial charge in [-0.1, -0.05) is 50.6 Å². The van der Waals surface area contributed by atoms with Crippen LogP contribution in [-0.2, 0) is 10.2 Å². The van der Waals surface area contributed by atoms with Gasteiger partial charge in [-0.25, -0.2) is 0 Å². The van der Waals surface area contributed by atoms with E-state index in [0.717, 1.165) is 57.4 Å². The van der Waals surface area contributed by atoms with Crippen molar-refractivity contribution in [2.45, 2.75) is 76.5 Å². The summed E-state index contributed by atoms with van der Waals surface area (Å²) in [7, 11) is 0. The van der Waals surface area contributed by atoms with Crippen LogP contribution in [0.2, 0.25) is 5.02 Å². The number of halogens is 1. The van der Waals surface area contributed by atoms with Crippen molar-refractivity contribution in [3.63, 3.8) is 0 Å². The first kappa shape index (κ1) is 27.3. The largest absolute Gasteiger partial charge is 0.489 e. The van der Waals surface area contributed by atoms with E-state index in [1.807, 2.05) is 12.1 Å². The normalized spacial score (nSPS) is 21.9. The molecule has 2 aromatic rings. The van der Waals surface area contributed by atoms with Gasteiger partial charge in [-0.2, -0.15) is 0 Å². The first-order valence-corrected chi connectivity index (χ1v) is 14.6. The van der Waals surface area contributed by atoms with E-state index in [0.29, 0.717) is 29.4 Å². The molecule has 5 rings (SSSR count). The van der Waals surface area contributed by atoms with Gasteiger partial charge in [-0.3, -0.25) is 4.79 Å². The molecule has 3 fully saturated rings. The van der Waals surface area contributed by atoms with E-state index in [-0.39, 0.29) is 23.3 Å². The van der Waals surface area contributed by atoms with Crippen LogP contribution in [0.15, 0.2) is 42.5 Å². The SMILES string of the molecule is CC(C)(C)c1ccc(N2CCC(C(=O)N[C@H](CN3CCCC3)[C@H](O)c3ccc(OC4CC4)c(Cl)c3)C2)cc1. The van der Waals surface area contributed by atoms with Crippen LogP contribution in [0.25, 0.3) is 0 Å². The van der Waals surface area contributed by atoms with Gasteiger partial charge >= 0.3 is 0 Å². The Morgan fingerprint density at radius 3 is 2.42 bits per heavy atom. The van der Waals surface area contributed by atoms with E-state index < -0.39 is 12.1 Å². The monoisotopic (exact) mass is 539 g/mol. The van der Waals surface area contributed by atoms with E-state index in [4.69, 9.17) is 16.3 Å². The predicted octanol–water partition coefficient (Wildman–Crippen LogP) is 5.32. The van der Waals surface area contributed by atoms with Gasteiger partial charge in [-0.15, -0.1) is 0 Å². The number of aliphatic hydroxyl groups is 1. The molecular weight excluding hydrogens is 498 g/mol.